The van der Waals surface area contributed by atoms with Gasteiger partial charge in [0, 0.05) is 22.6 Å². The van der Waals surface area contributed by atoms with Gasteiger partial charge in [-0.25, -0.2) is 0 Å². The smallest absolute Gasteiger partial charge is 0.261 e. The number of halogens is 1. The zero-order valence-electron chi connectivity index (χ0n) is 20.5. The lowest BCUT2D eigenvalue weighted by Gasteiger charge is -2.32. The van der Waals surface area contributed by atoms with Gasteiger partial charge in [-0.15, -0.1) is 0 Å². The van der Waals surface area contributed by atoms with E-state index < -0.39 is 6.04 Å². The van der Waals surface area contributed by atoms with E-state index in [1.807, 2.05) is 99.6 Å². The second-order valence-corrected chi connectivity index (χ2v) is 9.96. The highest BCUT2D eigenvalue weighted by Crippen LogP contribution is 2.19. The van der Waals surface area contributed by atoms with Crippen LogP contribution < -0.4 is 10.1 Å². The lowest BCUT2D eigenvalue weighted by atomic mass is 10.0. The summed E-state index contributed by atoms with van der Waals surface area (Å²) >= 11 is 2.23. The van der Waals surface area contributed by atoms with Crippen molar-refractivity contribution in [2.45, 2.75) is 52.2 Å². The molecule has 184 valence electrons. The molecule has 0 aliphatic carbocycles. The molecule has 0 saturated heterocycles. The van der Waals surface area contributed by atoms with Crippen LogP contribution in [0.15, 0.2) is 78.9 Å². The molecule has 0 saturated carbocycles. The average Bonchev–Trinajstić information content (AvgIpc) is 2.87. The van der Waals surface area contributed by atoms with Crippen LogP contribution in [0.3, 0.4) is 0 Å². The summed E-state index contributed by atoms with van der Waals surface area (Å²) in [5.41, 5.74) is 3.08. The standard InChI is InChI=1S/C29H33IN2O3/c1-4-22(3)31-29(34)27(18-23-11-6-5-7-12-23)32(19-24-13-9-8-10-21(24)2)28(33)20-35-26-16-14-25(30)15-17-26/h5-17,22,27H,4,18-20H2,1-3H3,(H,31,34)/t22-,27+/m1/s1. The van der Waals surface area contributed by atoms with E-state index in [1.165, 1.54) is 0 Å². The first-order valence-corrected chi connectivity index (χ1v) is 13.0. The molecule has 5 nitrogen and oxygen atoms in total. The van der Waals surface area contributed by atoms with Gasteiger partial charge in [0.15, 0.2) is 6.61 Å². The Labute approximate surface area is 222 Å². The minimum Gasteiger partial charge on any atom is -0.484 e. The van der Waals surface area contributed by atoms with Gasteiger partial charge in [0.05, 0.1) is 0 Å². The highest BCUT2D eigenvalue weighted by atomic mass is 127. The minimum absolute atomic E-state index is 0.0132. The van der Waals surface area contributed by atoms with E-state index in [1.54, 1.807) is 4.90 Å². The van der Waals surface area contributed by atoms with Gasteiger partial charge in [0.2, 0.25) is 5.91 Å². The fourth-order valence-corrected chi connectivity index (χ4v) is 4.08. The van der Waals surface area contributed by atoms with Crippen molar-refractivity contribution in [3.05, 3.63) is 99.1 Å². The molecule has 2 amide bonds. The fourth-order valence-electron chi connectivity index (χ4n) is 3.72. The van der Waals surface area contributed by atoms with Crippen molar-refractivity contribution in [1.29, 1.82) is 0 Å². The number of benzene rings is 3. The third-order valence-electron chi connectivity index (χ3n) is 6.05. The minimum atomic E-state index is -0.668. The van der Waals surface area contributed by atoms with E-state index in [-0.39, 0.29) is 24.5 Å². The molecule has 0 fully saturated rings. The summed E-state index contributed by atoms with van der Waals surface area (Å²) in [6.45, 7) is 6.21. The molecule has 0 aliphatic heterocycles. The van der Waals surface area contributed by atoms with Gasteiger partial charge in [-0.1, -0.05) is 61.5 Å². The molecule has 3 rings (SSSR count). The molecule has 6 heteroatoms. The van der Waals surface area contributed by atoms with Gasteiger partial charge in [0.25, 0.3) is 5.91 Å². The number of rotatable bonds is 11. The molecule has 3 aromatic rings. The number of hydrogen-bond acceptors (Lipinski definition) is 3. The zero-order chi connectivity index (χ0) is 25.2. The van der Waals surface area contributed by atoms with Gasteiger partial charge >= 0.3 is 0 Å². The Hall–Kier alpha value is -2.87. The van der Waals surface area contributed by atoms with E-state index in [0.717, 1.165) is 26.7 Å². The number of ether oxygens (including phenoxy) is 1. The molecular formula is C29H33IN2O3. The largest absolute Gasteiger partial charge is 0.484 e. The van der Waals surface area contributed by atoms with Gasteiger partial charge in [0.1, 0.15) is 11.8 Å². The quantitative estimate of drug-likeness (QED) is 0.302. The summed E-state index contributed by atoms with van der Waals surface area (Å²) in [5.74, 6) is 0.240. The molecule has 3 aromatic carbocycles. The van der Waals surface area contributed by atoms with Gasteiger partial charge < -0.3 is 15.0 Å². The summed E-state index contributed by atoms with van der Waals surface area (Å²) in [4.78, 5) is 28.8. The van der Waals surface area contributed by atoms with Crippen molar-refractivity contribution in [3.8, 4) is 5.75 Å². The Balaban J connectivity index is 1.91. The maximum atomic E-state index is 13.6. The second-order valence-electron chi connectivity index (χ2n) is 8.71. The predicted molar refractivity (Wildman–Crippen MR) is 148 cm³/mol. The molecule has 0 radical (unpaired) electrons. The number of carbonyl (C=O) groups is 2. The first-order chi connectivity index (χ1) is 16.9. The molecular weight excluding hydrogens is 551 g/mol. The van der Waals surface area contributed by atoms with Crippen LogP contribution in [0.25, 0.3) is 0 Å². The number of hydrogen-bond donors (Lipinski definition) is 1. The molecule has 0 bridgehead atoms. The van der Waals surface area contributed by atoms with Crippen molar-refractivity contribution in [3.63, 3.8) is 0 Å². The summed E-state index contributed by atoms with van der Waals surface area (Å²) in [6.07, 6.45) is 1.23. The van der Waals surface area contributed by atoms with E-state index >= 15 is 0 Å². The highest BCUT2D eigenvalue weighted by molar-refractivity contribution is 14.1. The monoisotopic (exact) mass is 584 g/mol. The van der Waals surface area contributed by atoms with Crippen molar-refractivity contribution in [1.82, 2.24) is 10.2 Å². The zero-order valence-corrected chi connectivity index (χ0v) is 22.7. The molecule has 35 heavy (non-hydrogen) atoms. The first-order valence-electron chi connectivity index (χ1n) is 11.9. The Kier molecular flexibility index (Phi) is 10.1. The maximum Gasteiger partial charge on any atom is 0.261 e. The van der Waals surface area contributed by atoms with Crippen LogP contribution in [-0.4, -0.2) is 35.4 Å². The Morgan fingerprint density at radius 3 is 2.29 bits per heavy atom. The predicted octanol–water partition coefficient (Wildman–Crippen LogP) is 5.53. The van der Waals surface area contributed by atoms with Crippen LogP contribution in [0.4, 0.5) is 0 Å². The third-order valence-corrected chi connectivity index (χ3v) is 6.77. The first kappa shape index (κ1) is 26.7. The molecule has 2 atom stereocenters. The van der Waals surface area contributed by atoms with E-state index in [9.17, 15) is 9.59 Å². The molecule has 1 N–H and O–H groups in total. The van der Waals surface area contributed by atoms with Gasteiger partial charge in [-0.3, -0.25) is 9.59 Å². The molecule has 0 spiro atoms. The third kappa shape index (κ3) is 8.09. The molecule has 0 heterocycles. The highest BCUT2D eigenvalue weighted by Gasteiger charge is 2.31. The average molecular weight is 584 g/mol. The van der Waals surface area contributed by atoms with E-state index in [4.69, 9.17) is 4.74 Å². The summed E-state index contributed by atoms with van der Waals surface area (Å²) < 4.78 is 6.92. The van der Waals surface area contributed by atoms with Crippen LogP contribution in [0, 0.1) is 10.5 Å². The van der Waals surface area contributed by atoms with E-state index in [0.29, 0.717) is 18.7 Å². The molecule has 0 aliphatic rings. The number of nitrogens with one attached hydrogen (secondary N) is 1. The number of amides is 2. The van der Waals surface area contributed by atoms with Crippen LogP contribution in [-0.2, 0) is 22.6 Å². The van der Waals surface area contributed by atoms with Crippen molar-refractivity contribution < 1.29 is 14.3 Å². The van der Waals surface area contributed by atoms with Crippen molar-refractivity contribution in [2.75, 3.05) is 6.61 Å². The van der Waals surface area contributed by atoms with Gasteiger partial charge in [-0.05, 0) is 83.8 Å². The topological polar surface area (TPSA) is 58.6 Å². The maximum absolute atomic E-state index is 13.6. The number of carbonyl (C=O) groups excluding carboxylic acids is 2. The lowest BCUT2D eigenvalue weighted by Crippen LogP contribution is -2.53. The SMILES string of the molecule is CC[C@@H](C)NC(=O)[C@H](Cc1ccccc1)N(Cc1ccccc1C)C(=O)COc1ccc(I)cc1. The van der Waals surface area contributed by atoms with E-state index in [2.05, 4.69) is 27.9 Å². The van der Waals surface area contributed by atoms with Crippen LogP contribution in [0.1, 0.15) is 37.0 Å². The van der Waals surface area contributed by atoms with Crippen molar-refractivity contribution >= 4 is 34.4 Å². The van der Waals surface area contributed by atoms with Gasteiger partial charge in [-0.2, -0.15) is 0 Å². The molecule has 0 unspecified atom stereocenters. The Morgan fingerprint density at radius 1 is 0.971 bits per heavy atom. The normalized spacial score (nSPS) is 12.5. The second kappa shape index (κ2) is 13.3. The Morgan fingerprint density at radius 2 is 1.63 bits per heavy atom. The lowest BCUT2D eigenvalue weighted by molar-refractivity contribution is -0.143. The summed E-state index contributed by atoms with van der Waals surface area (Å²) in [7, 11) is 0. The van der Waals surface area contributed by atoms with Crippen LogP contribution in [0.5, 0.6) is 5.75 Å². The number of aryl methyl sites for hydroxylation is 1. The Bertz CT molecular complexity index is 1100. The molecule has 0 aromatic heterocycles. The van der Waals surface area contributed by atoms with Crippen LogP contribution >= 0.6 is 22.6 Å². The van der Waals surface area contributed by atoms with Crippen molar-refractivity contribution in [2.24, 2.45) is 0 Å². The summed E-state index contributed by atoms with van der Waals surface area (Å²) in [5, 5.41) is 3.09. The number of nitrogens with zero attached hydrogens (tertiary/aromatic N) is 1. The van der Waals surface area contributed by atoms with Crippen LogP contribution in [0.2, 0.25) is 0 Å². The fraction of sp³-hybridized carbons (Fsp3) is 0.310. The summed E-state index contributed by atoms with van der Waals surface area (Å²) in [6, 6.07) is 24.7.